The van der Waals surface area contributed by atoms with Gasteiger partial charge in [0.05, 0.1) is 11.2 Å². The summed E-state index contributed by atoms with van der Waals surface area (Å²) >= 11 is 0. The highest BCUT2D eigenvalue weighted by atomic mass is 14.7. The molecule has 1 N–H and O–H groups in total. The summed E-state index contributed by atoms with van der Waals surface area (Å²) in [7, 11) is 0. The fourth-order valence-electron chi connectivity index (χ4n) is 3.58. The summed E-state index contributed by atoms with van der Waals surface area (Å²) in [5.74, 6) is 0.347. The molecule has 1 aliphatic carbocycles. The number of hydrogen-bond donors (Lipinski definition) is 1. The number of benzene rings is 2. The number of nitrogens with one attached hydrogen (secondary N) is 1. The molecule has 1 unspecified atom stereocenters. The molecular formula is C21H16N2. The summed E-state index contributed by atoms with van der Waals surface area (Å²) in [6.45, 7) is 0. The molecule has 2 aromatic heterocycles. The van der Waals surface area contributed by atoms with Crippen molar-refractivity contribution in [2.75, 3.05) is 0 Å². The fraction of sp³-hybridized carbons (Fsp3) is 0.0952. The van der Waals surface area contributed by atoms with Crippen molar-refractivity contribution in [2.24, 2.45) is 0 Å². The first-order valence-electron chi connectivity index (χ1n) is 8.02. The molecule has 0 fully saturated rings. The predicted molar refractivity (Wildman–Crippen MR) is 95.5 cm³/mol. The van der Waals surface area contributed by atoms with Crippen LogP contribution in [0, 0.1) is 0 Å². The summed E-state index contributed by atoms with van der Waals surface area (Å²) < 4.78 is 0. The molecule has 2 nitrogen and oxygen atoms in total. The number of aromatic nitrogens is 2. The quantitative estimate of drug-likeness (QED) is 0.509. The zero-order valence-corrected chi connectivity index (χ0v) is 12.7. The number of aromatic amines is 1. The lowest BCUT2D eigenvalue weighted by Gasteiger charge is -2.21. The van der Waals surface area contributed by atoms with Crippen molar-refractivity contribution < 1.29 is 0 Å². The molecule has 0 aliphatic heterocycles. The van der Waals surface area contributed by atoms with Crippen LogP contribution >= 0.6 is 0 Å². The van der Waals surface area contributed by atoms with Gasteiger partial charge in [-0.25, -0.2) is 4.98 Å². The average molecular weight is 296 g/mol. The van der Waals surface area contributed by atoms with Crippen molar-refractivity contribution in [1.82, 2.24) is 9.97 Å². The Hall–Kier alpha value is -2.87. The largest absolute Gasteiger partial charge is 0.358 e. The van der Waals surface area contributed by atoms with Gasteiger partial charge in [-0.15, -0.1) is 0 Å². The van der Waals surface area contributed by atoms with Gasteiger partial charge in [-0.05, 0) is 47.7 Å². The summed E-state index contributed by atoms with van der Waals surface area (Å²) in [4.78, 5) is 8.44. The van der Waals surface area contributed by atoms with Gasteiger partial charge >= 0.3 is 0 Å². The summed E-state index contributed by atoms with van der Waals surface area (Å²) in [5, 5.41) is 2.48. The summed E-state index contributed by atoms with van der Waals surface area (Å²) in [6, 6.07) is 21.4. The topological polar surface area (TPSA) is 28.7 Å². The van der Waals surface area contributed by atoms with Crippen LogP contribution in [0.1, 0.15) is 29.3 Å². The first-order valence-corrected chi connectivity index (χ1v) is 8.02. The first-order chi connectivity index (χ1) is 11.4. The second-order valence-corrected chi connectivity index (χ2v) is 6.16. The Kier molecular flexibility index (Phi) is 2.65. The molecule has 2 heterocycles. The normalized spacial score (nSPS) is 16.8. The van der Waals surface area contributed by atoms with E-state index in [1.807, 2.05) is 6.07 Å². The first kappa shape index (κ1) is 12.7. The van der Waals surface area contributed by atoms with E-state index < -0.39 is 0 Å². The van der Waals surface area contributed by atoms with Crippen LogP contribution in [-0.4, -0.2) is 9.97 Å². The highest BCUT2D eigenvalue weighted by molar-refractivity contribution is 5.83. The second-order valence-electron chi connectivity index (χ2n) is 6.16. The SMILES string of the molecule is C1=Cc2nc3ccccc3cc2C(c2cc3ccccc3[nH]2)C1. The van der Waals surface area contributed by atoms with Crippen LogP contribution in [0.2, 0.25) is 0 Å². The number of allylic oxidation sites excluding steroid dienone is 1. The molecule has 1 atom stereocenters. The van der Waals surface area contributed by atoms with Gasteiger partial charge in [0.15, 0.2) is 0 Å². The van der Waals surface area contributed by atoms with Gasteiger partial charge in [0.25, 0.3) is 0 Å². The average Bonchev–Trinajstić information content (AvgIpc) is 3.03. The number of H-pyrrole nitrogens is 1. The maximum Gasteiger partial charge on any atom is 0.0709 e. The Bertz CT molecular complexity index is 1020. The van der Waals surface area contributed by atoms with Crippen LogP contribution in [-0.2, 0) is 0 Å². The number of nitrogens with zero attached hydrogens (tertiary/aromatic N) is 1. The van der Waals surface area contributed by atoms with Crippen LogP contribution in [0.25, 0.3) is 27.9 Å². The molecule has 2 heteroatoms. The summed E-state index contributed by atoms with van der Waals surface area (Å²) in [5.41, 5.74) is 5.95. The molecule has 0 bridgehead atoms. The molecule has 110 valence electrons. The maximum atomic E-state index is 4.84. The molecule has 4 aromatic rings. The smallest absolute Gasteiger partial charge is 0.0709 e. The lowest BCUT2D eigenvalue weighted by Crippen LogP contribution is -2.07. The van der Waals surface area contributed by atoms with Gasteiger partial charge in [0, 0.05) is 22.5 Å². The van der Waals surface area contributed by atoms with Gasteiger partial charge in [0.2, 0.25) is 0 Å². The van der Waals surface area contributed by atoms with E-state index in [9.17, 15) is 0 Å². The molecule has 23 heavy (non-hydrogen) atoms. The van der Waals surface area contributed by atoms with E-state index in [1.165, 1.54) is 27.5 Å². The zero-order valence-electron chi connectivity index (χ0n) is 12.7. The Balaban J connectivity index is 1.71. The highest BCUT2D eigenvalue weighted by Crippen LogP contribution is 2.36. The Morgan fingerprint density at radius 3 is 2.65 bits per heavy atom. The molecule has 0 amide bonds. The van der Waals surface area contributed by atoms with E-state index in [0.717, 1.165) is 17.6 Å². The van der Waals surface area contributed by atoms with Crippen molar-refractivity contribution in [1.29, 1.82) is 0 Å². The van der Waals surface area contributed by atoms with E-state index in [-0.39, 0.29) is 0 Å². The second kappa shape index (κ2) is 4.82. The van der Waals surface area contributed by atoms with Crippen LogP contribution in [0.4, 0.5) is 0 Å². The van der Waals surface area contributed by atoms with E-state index in [2.05, 4.69) is 71.7 Å². The number of pyridine rings is 1. The zero-order chi connectivity index (χ0) is 15.2. The molecule has 0 saturated carbocycles. The van der Waals surface area contributed by atoms with Crippen molar-refractivity contribution in [3.05, 3.63) is 83.7 Å². The van der Waals surface area contributed by atoms with Crippen LogP contribution in [0.15, 0.2) is 66.7 Å². The van der Waals surface area contributed by atoms with E-state index >= 15 is 0 Å². The maximum absolute atomic E-state index is 4.84. The molecule has 5 rings (SSSR count). The van der Waals surface area contributed by atoms with Crippen LogP contribution < -0.4 is 0 Å². The lowest BCUT2D eigenvalue weighted by atomic mass is 9.86. The number of para-hydroxylation sites is 2. The number of hydrogen-bond acceptors (Lipinski definition) is 1. The van der Waals surface area contributed by atoms with Gasteiger partial charge in [-0.3, -0.25) is 0 Å². The minimum absolute atomic E-state index is 0.347. The third kappa shape index (κ3) is 1.99. The highest BCUT2D eigenvalue weighted by Gasteiger charge is 2.22. The Morgan fingerprint density at radius 2 is 1.74 bits per heavy atom. The van der Waals surface area contributed by atoms with Gasteiger partial charge in [-0.1, -0.05) is 42.5 Å². The van der Waals surface area contributed by atoms with Crippen molar-refractivity contribution in [3.8, 4) is 0 Å². The van der Waals surface area contributed by atoms with E-state index in [0.29, 0.717) is 5.92 Å². The fourth-order valence-corrected chi connectivity index (χ4v) is 3.58. The van der Waals surface area contributed by atoms with Crippen molar-refractivity contribution in [3.63, 3.8) is 0 Å². The van der Waals surface area contributed by atoms with Gasteiger partial charge in [-0.2, -0.15) is 0 Å². The molecule has 0 radical (unpaired) electrons. The third-order valence-electron chi connectivity index (χ3n) is 4.73. The van der Waals surface area contributed by atoms with Gasteiger partial charge < -0.3 is 4.98 Å². The van der Waals surface area contributed by atoms with Crippen LogP contribution in [0.5, 0.6) is 0 Å². The standard InChI is InChI=1S/C21H16N2/c1-3-9-18-14(6-1)12-17-16(8-5-11-20(17)22-18)21-13-15-7-2-4-10-19(15)23-21/h1-7,9-13,16,23H,8H2. The predicted octanol–water partition coefficient (Wildman–Crippen LogP) is 5.26. The third-order valence-corrected chi connectivity index (χ3v) is 4.73. The van der Waals surface area contributed by atoms with Crippen LogP contribution in [0.3, 0.4) is 0 Å². The van der Waals surface area contributed by atoms with Crippen molar-refractivity contribution in [2.45, 2.75) is 12.3 Å². The molecular weight excluding hydrogens is 280 g/mol. The minimum atomic E-state index is 0.347. The number of rotatable bonds is 1. The lowest BCUT2D eigenvalue weighted by molar-refractivity contribution is 0.791. The van der Waals surface area contributed by atoms with Gasteiger partial charge in [0.1, 0.15) is 0 Å². The van der Waals surface area contributed by atoms with E-state index in [4.69, 9.17) is 4.98 Å². The van der Waals surface area contributed by atoms with E-state index in [1.54, 1.807) is 0 Å². The Labute approximate surface area is 134 Å². The monoisotopic (exact) mass is 296 g/mol. The minimum Gasteiger partial charge on any atom is -0.358 e. The Morgan fingerprint density at radius 1 is 0.913 bits per heavy atom. The van der Waals surface area contributed by atoms with Crippen molar-refractivity contribution >= 4 is 27.9 Å². The molecule has 1 aliphatic rings. The molecule has 0 saturated heterocycles. The molecule has 0 spiro atoms. The molecule has 2 aromatic carbocycles. The number of fused-ring (bicyclic) bond motifs is 3. The summed E-state index contributed by atoms with van der Waals surface area (Å²) in [6.07, 6.45) is 5.40.